The lowest BCUT2D eigenvalue weighted by molar-refractivity contribution is -0.0621. The van der Waals surface area contributed by atoms with Crippen LogP contribution in [0.4, 0.5) is 0 Å². The average molecular weight is 348 g/mol. The lowest BCUT2D eigenvalue weighted by Crippen LogP contribution is -2.50. The zero-order valence-corrected chi connectivity index (χ0v) is 14.9. The first kappa shape index (κ1) is 15.4. The van der Waals surface area contributed by atoms with Gasteiger partial charge in [0.05, 0.1) is 14.2 Å². The number of fused-ring (bicyclic) bond motifs is 2. The highest BCUT2D eigenvalue weighted by atomic mass is 16.7. The van der Waals surface area contributed by atoms with Crippen LogP contribution < -0.4 is 18.9 Å². The molecule has 1 aliphatic carbocycles. The maximum Gasteiger partial charge on any atom is 0.297 e. The van der Waals surface area contributed by atoms with E-state index in [9.17, 15) is 0 Å². The summed E-state index contributed by atoms with van der Waals surface area (Å²) in [6.45, 7) is 0. The molecular weight excluding hydrogens is 328 g/mol. The van der Waals surface area contributed by atoms with Gasteiger partial charge in [-0.15, -0.1) is 0 Å². The predicted octanol–water partition coefficient (Wildman–Crippen LogP) is 4.84. The van der Waals surface area contributed by atoms with Crippen molar-refractivity contribution in [3.8, 4) is 23.0 Å². The van der Waals surface area contributed by atoms with Gasteiger partial charge in [-0.3, -0.25) is 0 Å². The second kappa shape index (κ2) is 5.56. The highest BCUT2D eigenvalue weighted by Crippen LogP contribution is 2.51. The van der Waals surface area contributed by atoms with E-state index in [0.717, 1.165) is 53.4 Å². The van der Waals surface area contributed by atoms with Crippen LogP contribution in [-0.2, 0) is 0 Å². The Hall–Kier alpha value is -2.88. The topological polar surface area (TPSA) is 36.9 Å². The Labute approximate surface area is 152 Å². The number of hydrogen-bond acceptors (Lipinski definition) is 4. The van der Waals surface area contributed by atoms with E-state index in [2.05, 4.69) is 12.2 Å². The summed E-state index contributed by atoms with van der Waals surface area (Å²) < 4.78 is 23.8. The standard InChI is InChI=1S/C22H20O4/c1-23-18-8-6-14-10-16-4-3-5-17-11-15-7-9-19(24-2)13-21(15)26-22(16,17)25-20(14)12-18/h6-13H,3-5H2,1-2H3. The number of ether oxygens (including phenoxy) is 4. The summed E-state index contributed by atoms with van der Waals surface area (Å²) in [5, 5.41) is 0. The Balaban J connectivity index is 1.66. The van der Waals surface area contributed by atoms with E-state index >= 15 is 0 Å². The highest BCUT2D eigenvalue weighted by molar-refractivity contribution is 5.73. The molecule has 2 aliphatic heterocycles. The fourth-order valence-corrected chi connectivity index (χ4v) is 4.01. The summed E-state index contributed by atoms with van der Waals surface area (Å²) in [7, 11) is 3.32. The van der Waals surface area contributed by atoms with E-state index in [4.69, 9.17) is 18.9 Å². The summed E-state index contributed by atoms with van der Waals surface area (Å²) in [4.78, 5) is 0. The molecule has 1 fully saturated rings. The molecule has 0 bridgehead atoms. The maximum atomic E-state index is 6.52. The average Bonchev–Trinajstić information content (AvgIpc) is 2.68. The Morgan fingerprint density at radius 2 is 1.27 bits per heavy atom. The quantitative estimate of drug-likeness (QED) is 0.778. The van der Waals surface area contributed by atoms with Gasteiger partial charge in [0.15, 0.2) is 0 Å². The molecule has 1 spiro atoms. The zero-order valence-electron chi connectivity index (χ0n) is 14.9. The maximum absolute atomic E-state index is 6.52. The fourth-order valence-electron chi connectivity index (χ4n) is 4.01. The van der Waals surface area contributed by atoms with Gasteiger partial charge in [-0.2, -0.15) is 0 Å². The number of benzene rings is 2. The molecule has 0 unspecified atom stereocenters. The molecule has 0 atom stereocenters. The molecule has 1 saturated carbocycles. The molecule has 132 valence electrons. The number of methoxy groups -OCH3 is 2. The fraction of sp³-hybridized carbons (Fsp3) is 0.273. The van der Waals surface area contributed by atoms with Gasteiger partial charge < -0.3 is 18.9 Å². The summed E-state index contributed by atoms with van der Waals surface area (Å²) in [5.74, 6) is 2.27. The molecule has 4 nitrogen and oxygen atoms in total. The normalized spacial score (nSPS) is 18.5. The molecule has 0 amide bonds. The smallest absolute Gasteiger partial charge is 0.297 e. The molecule has 5 rings (SSSR count). The second-order valence-electron chi connectivity index (χ2n) is 6.82. The van der Waals surface area contributed by atoms with Crippen molar-refractivity contribution in [2.75, 3.05) is 14.2 Å². The molecule has 3 aliphatic rings. The van der Waals surface area contributed by atoms with Crippen LogP contribution in [0.5, 0.6) is 23.0 Å². The molecule has 26 heavy (non-hydrogen) atoms. The van der Waals surface area contributed by atoms with Crippen LogP contribution in [0.25, 0.3) is 12.2 Å². The van der Waals surface area contributed by atoms with Gasteiger partial charge in [-0.1, -0.05) is 0 Å². The van der Waals surface area contributed by atoms with Crippen LogP contribution in [0.1, 0.15) is 30.4 Å². The van der Waals surface area contributed by atoms with E-state index in [0.29, 0.717) is 0 Å². The molecule has 0 N–H and O–H groups in total. The van der Waals surface area contributed by atoms with Crippen molar-refractivity contribution in [1.29, 1.82) is 0 Å². The first-order chi connectivity index (χ1) is 12.7. The Morgan fingerprint density at radius 3 is 1.73 bits per heavy atom. The third kappa shape index (κ3) is 2.15. The minimum Gasteiger partial charge on any atom is -0.497 e. The Morgan fingerprint density at radius 1 is 0.769 bits per heavy atom. The first-order valence-electron chi connectivity index (χ1n) is 8.88. The van der Waals surface area contributed by atoms with Crippen molar-refractivity contribution >= 4 is 12.2 Å². The van der Waals surface area contributed by atoms with E-state index in [1.165, 1.54) is 11.1 Å². The largest absolute Gasteiger partial charge is 0.497 e. The van der Waals surface area contributed by atoms with Crippen molar-refractivity contribution in [2.24, 2.45) is 0 Å². The number of rotatable bonds is 2. The lowest BCUT2D eigenvalue weighted by Gasteiger charge is -2.45. The van der Waals surface area contributed by atoms with Crippen LogP contribution in [0, 0.1) is 0 Å². The molecule has 2 aromatic carbocycles. The van der Waals surface area contributed by atoms with Crippen molar-refractivity contribution < 1.29 is 18.9 Å². The van der Waals surface area contributed by atoms with Gasteiger partial charge in [0.25, 0.3) is 5.79 Å². The minimum absolute atomic E-state index is 0.774. The Kier molecular flexibility index (Phi) is 3.29. The van der Waals surface area contributed by atoms with Gasteiger partial charge in [0.2, 0.25) is 0 Å². The van der Waals surface area contributed by atoms with Crippen LogP contribution in [0.2, 0.25) is 0 Å². The molecule has 0 aromatic heterocycles. The first-order valence-corrected chi connectivity index (χ1v) is 8.88. The number of hydrogen-bond donors (Lipinski definition) is 0. The summed E-state index contributed by atoms with van der Waals surface area (Å²) >= 11 is 0. The SMILES string of the molecule is COc1ccc2c(c1)OC13Oc4cc(OC)ccc4C=C1CCCC3=C2. The third-order valence-corrected chi connectivity index (χ3v) is 5.35. The lowest BCUT2D eigenvalue weighted by atomic mass is 9.79. The van der Waals surface area contributed by atoms with Crippen molar-refractivity contribution in [3.63, 3.8) is 0 Å². The van der Waals surface area contributed by atoms with Gasteiger partial charge >= 0.3 is 0 Å². The third-order valence-electron chi connectivity index (χ3n) is 5.35. The minimum atomic E-state index is -0.850. The van der Waals surface area contributed by atoms with E-state index in [-0.39, 0.29) is 0 Å². The molecule has 2 heterocycles. The van der Waals surface area contributed by atoms with Crippen LogP contribution in [-0.4, -0.2) is 20.0 Å². The van der Waals surface area contributed by atoms with Crippen molar-refractivity contribution in [3.05, 3.63) is 58.7 Å². The van der Waals surface area contributed by atoms with E-state index in [1.54, 1.807) is 14.2 Å². The Bertz CT molecular complexity index is 877. The summed E-state index contributed by atoms with van der Waals surface area (Å²) in [6, 6.07) is 11.8. The van der Waals surface area contributed by atoms with Gasteiger partial charge in [-0.05, 0) is 55.7 Å². The van der Waals surface area contributed by atoms with Crippen molar-refractivity contribution in [1.82, 2.24) is 0 Å². The molecule has 0 saturated heterocycles. The van der Waals surface area contributed by atoms with Crippen LogP contribution >= 0.6 is 0 Å². The summed E-state index contributed by atoms with van der Waals surface area (Å²) in [5.41, 5.74) is 4.46. The van der Waals surface area contributed by atoms with Gasteiger partial charge in [-0.25, -0.2) is 0 Å². The zero-order chi connectivity index (χ0) is 17.7. The molecule has 2 aromatic rings. The van der Waals surface area contributed by atoms with Crippen LogP contribution in [0.15, 0.2) is 47.5 Å². The molecule has 0 radical (unpaired) electrons. The molecular formula is C22H20O4. The molecule has 4 heteroatoms. The summed E-state index contributed by atoms with van der Waals surface area (Å²) in [6.07, 6.45) is 7.43. The van der Waals surface area contributed by atoms with Crippen LogP contribution in [0.3, 0.4) is 0 Å². The second-order valence-corrected chi connectivity index (χ2v) is 6.82. The highest BCUT2D eigenvalue weighted by Gasteiger charge is 2.49. The van der Waals surface area contributed by atoms with E-state index in [1.807, 2.05) is 36.4 Å². The van der Waals surface area contributed by atoms with Gasteiger partial charge in [0, 0.05) is 34.4 Å². The van der Waals surface area contributed by atoms with E-state index < -0.39 is 5.79 Å². The van der Waals surface area contributed by atoms with Gasteiger partial charge in [0.1, 0.15) is 23.0 Å². The van der Waals surface area contributed by atoms with Crippen molar-refractivity contribution in [2.45, 2.75) is 25.0 Å². The monoisotopic (exact) mass is 348 g/mol. The predicted molar refractivity (Wildman–Crippen MR) is 99.8 cm³/mol.